The first-order chi connectivity index (χ1) is 9.77. The van der Waals surface area contributed by atoms with Crippen molar-refractivity contribution < 1.29 is 9.13 Å². The van der Waals surface area contributed by atoms with Crippen molar-refractivity contribution in [2.45, 2.75) is 45.8 Å². The molecular weight excluding hydrogens is 287 g/mol. The summed E-state index contributed by atoms with van der Waals surface area (Å²) >= 11 is 1.53. The van der Waals surface area contributed by atoms with Gasteiger partial charge in [0.25, 0.3) is 0 Å². The number of nitrogens with two attached hydrogens (primary N) is 1. The van der Waals surface area contributed by atoms with E-state index in [0.29, 0.717) is 0 Å². The summed E-state index contributed by atoms with van der Waals surface area (Å²) < 4.78 is 19.4. The molecule has 1 atom stereocenters. The van der Waals surface area contributed by atoms with E-state index in [4.69, 9.17) is 10.5 Å². The van der Waals surface area contributed by atoms with Crippen molar-refractivity contribution in [3.05, 3.63) is 45.7 Å². The first-order valence-electron chi connectivity index (χ1n) is 6.90. The summed E-state index contributed by atoms with van der Waals surface area (Å²) in [5.74, 6) is -0.163. The van der Waals surface area contributed by atoms with E-state index in [1.54, 1.807) is 12.1 Å². The molecule has 2 aromatic rings. The Labute approximate surface area is 129 Å². The summed E-state index contributed by atoms with van der Waals surface area (Å²) in [4.78, 5) is 4.52. The van der Waals surface area contributed by atoms with Gasteiger partial charge in [0, 0.05) is 16.8 Å². The van der Waals surface area contributed by atoms with Crippen LogP contribution in [0.25, 0.3) is 0 Å². The average molecular weight is 308 g/mol. The van der Waals surface area contributed by atoms with Crippen LogP contribution in [0.2, 0.25) is 0 Å². The van der Waals surface area contributed by atoms with Crippen LogP contribution in [-0.2, 0) is 12.0 Å². The number of benzene rings is 1. The zero-order valence-corrected chi connectivity index (χ0v) is 13.6. The quantitative estimate of drug-likeness (QED) is 0.922. The summed E-state index contributed by atoms with van der Waals surface area (Å²) in [5, 5.41) is 2.87. The van der Waals surface area contributed by atoms with Crippen LogP contribution in [0.4, 0.5) is 4.39 Å². The highest BCUT2D eigenvalue weighted by atomic mass is 32.1. The van der Waals surface area contributed by atoms with Crippen LogP contribution in [-0.4, -0.2) is 4.98 Å². The molecular formula is C16H21FN2OS. The molecule has 0 saturated heterocycles. The Hall–Kier alpha value is -1.46. The molecule has 1 heterocycles. The topological polar surface area (TPSA) is 48.1 Å². The van der Waals surface area contributed by atoms with Gasteiger partial charge in [-0.15, -0.1) is 11.3 Å². The highest BCUT2D eigenvalue weighted by molar-refractivity contribution is 7.09. The summed E-state index contributed by atoms with van der Waals surface area (Å²) in [6.07, 6.45) is 0. The molecule has 114 valence electrons. The highest BCUT2D eigenvalue weighted by Crippen LogP contribution is 2.26. The molecule has 0 aliphatic heterocycles. The Morgan fingerprint density at radius 1 is 1.38 bits per heavy atom. The fraction of sp³-hybridized carbons (Fsp3) is 0.438. The lowest BCUT2D eigenvalue weighted by atomic mass is 9.93. The maximum absolute atomic E-state index is 13.9. The minimum absolute atomic E-state index is 0.0128. The molecule has 21 heavy (non-hydrogen) atoms. The average Bonchev–Trinajstić information content (AvgIpc) is 2.85. The third-order valence-electron chi connectivity index (χ3n) is 3.15. The van der Waals surface area contributed by atoms with Crippen LogP contribution in [0.3, 0.4) is 0 Å². The van der Waals surface area contributed by atoms with Gasteiger partial charge in [-0.1, -0.05) is 26.8 Å². The number of nitrogens with zero attached hydrogens (tertiary/aromatic N) is 1. The fourth-order valence-corrected chi connectivity index (χ4v) is 2.71. The molecule has 0 spiro atoms. The fourth-order valence-electron chi connectivity index (χ4n) is 1.78. The molecule has 0 aliphatic carbocycles. The zero-order chi connectivity index (χ0) is 15.6. The smallest absolute Gasteiger partial charge is 0.165 e. The Morgan fingerprint density at radius 3 is 2.62 bits per heavy atom. The second-order valence-electron chi connectivity index (χ2n) is 6.14. The van der Waals surface area contributed by atoms with Crippen molar-refractivity contribution in [2.75, 3.05) is 0 Å². The van der Waals surface area contributed by atoms with Crippen LogP contribution >= 0.6 is 11.3 Å². The zero-order valence-electron chi connectivity index (χ0n) is 12.8. The van der Waals surface area contributed by atoms with Crippen molar-refractivity contribution in [3.63, 3.8) is 0 Å². The van der Waals surface area contributed by atoms with Gasteiger partial charge in [-0.2, -0.15) is 0 Å². The molecule has 2 rings (SSSR count). The van der Waals surface area contributed by atoms with Gasteiger partial charge in [0.2, 0.25) is 0 Å². The second kappa shape index (κ2) is 6.12. The van der Waals surface area contributed by atoms with Gasteiger partial charge < -0.3 is 10.5 Å². The number of aromatic nitrogens is 1. The Kier molecular flexibility index (Phi) is 4.64. The van der Waals surface area contributed by atoms with E-state index >= 15 is 0 Å². The minimum atomic E-state index is -0.391. The first-order valence-corrected chi connectivity index (χ1v) is 7.78. The predicted octanol–water partition coefficient (Wildman–Crippen LogP) is 4.18. The lowest BCUT2D eigenvalue weighted by Crippen LogP contribution is -2.11. The molecule has 0 radical (unpaired) electrons. The van der Waals surface area contributed by atoms with Crippen molar-refractivity contribution in [2.24, 2.45) is 5.73 Å². The van der Waals surface area contributed by atoms with Crippen LogP contribution in [0.1, 0.15) is 50.0 Å². The molecule has 0 fully saturated rings. The minimum Gasteiger partial charge on any atom is -0.483 e. The second-order valence-corrected chi connectivity index (χ2v) is 7.09. The summed E-state index contributed by atoms with van der Waals surface area (Å²) in [7, 11) is 0. The van der Waals surface area contributed by atoms with E-state index in [0.717, 1.165) is 16.3 Å². The molecule has 2 N–H and O–H groups in total. The van der Waals surface area contributed by atoms with Crippen LogP contribution in [0, 0.1) is 5.82 Å². The van der Waals surface area contributed by atoms with E-state index in [1.165, 1.54) is 17.4 Å². The van der Waals surface area contributed by atoms with E-state index in [2.05, 4.69) is 25.8 Å². The van der Waals surface area contributed by atoms with Gasteiger partial charge in [0.05, 0.1) is 5.69 Å². The Morgan fingerprint density at radius 2 is 2.10 bits per heavy atom. The third-order valence-corrected chi connectivity index (χ3v) is 3.98. The van der Waals surface area contributed by atoms with E-state index < -0.39 is 5.82 Å². The number of halogens is 1. The maximum atomic E-state index is 13.9. The van der Waals surface area contributed by atoms with Crippen LogP contribution in [0.15, 0.2) is 23.6 Å². The molecule has 3 nitrogen and oxygen atoms in total. The number of hydrogen-bond acceptors (Lipinski definition) is 4. The molecule has 0 bridgehead atoms. The third kappa shape index (κ3) is 4.02. The van der Waals surface area contributed by atoms with Gasteiger partial charge >= 0.3 is 0 Å². The molecule has 1 unspecified atom stereocenters. The SMILES string of the molecule is CC(N)c1ccc(OCc2nc(C(C)(C)C)cs2)c(F)c1. The molecule has 0 aliphatic rings. The standard InChI is InChI=1S/C16H21FN2OS/c1-10(18)11-5-6-13(12(17)7-11)20-8-15-19-14(9-21-15)16(2,3)4/h5-7,9-10H,8,18H2,1-4H3. The van der Waals surface area contributed by atoms with Gasteiger partial charge in [0.15, 0.2) is 11.6 Å². The Balaban J connectivity index is 2.05. The van der Waals surface area contributed by atoms with E-state index in [1.807, 2.05) is 12.3 Å². The largest absolute Gasteiger partial charge is 0.483 e. The van der Waals surface area contributed by atoms with Gasteiger partial charge in [-0.25, -0.2) is 9.37 Å². The van der Waals surface area contributed by atoms with Crippen molar-refractivity contribution >= 4 is 11.3 Å². The van der Waals surface area contributed by atoms with Gasteiger partial charge in [-0.3, -0.25) is 0 Å². The van der Waals surface area contributed by atoms with Crippen molar-refractivity contribution in [1.29, 1.82) is 0 Å². The summed E-state index contributed by atoms with van der Waals surface area (Å²) in [6, 6.07) is 4.63. The molecule has 0 saturated carbocycles. The number of rotatable bonds is 4. The molecule has 1 aromatic carbocycles. The monoisotopic (exact) mass is 308 g/mol. The lowest BCUT2D eigenvalue weighted by molar-refractivity contribution is 0.289. The lowest BCUT2D eigenvalue weighted by Gasteiger charge is -2.14. The van der Waals surface area contributed by atoms with Crippen molar-refractivity contribution in [1.82, 2.24) is 4.98 Å². The van der Waals surface area contributed by atoms with E-state index in [-0.39, 0.29) is 23.8 Å². The number of ether oxygens (including phenoxy) is 1. The molecule has 5 heteroatoms. The summed E-state index contributed by atoms with van der Waals surface area (Å²) in [5.41, 5.74) is 7.52. The normalized spacial score (nSPS) is 13.2. The summed E-state index contributed by atoms with van der Waals surface area (Å²) in [6.45, 7) is 8.42. The van der Waals surface area contributed by atoms with E-state index in [9.17, 15) is 4.39 Å². The number of hydrogen-bond donors (Lipinski definition) is 1. The van der Waals surface area contributed by atoms with Crippen LogP contribution in [0.5, 0.6) is 5.75 Å². The number of thiazole rings is 1. The first kappa shape index (κ1) is 15.9. The van der Waals surface area contributed by atoms with Gasteiger partial charge in [-0.05, 0) is 24.6 Å². The van der Waals surface area contributed by atoms with Gasteiger partial charge in [0.1, 0.15) is 11.6 Å². The predicted molar refractivity (Wildman–Crippen MR) is 84.1 cm³/mol. The maximum Gasteiger partial charge on any atom is 0.165 e. The van der Waals surface area contributed by atoms with Crippen molar-refractivity contribution in [3.8, 4) is 5.75 Å². The van der Waals surface area contributed by atoms with Crippen LogP contribution < -0.4 is 10.5 Å². The molecule has 0 amide bonds. The highest BCUT2D eigenvalue weighted by Gasteiger charge is 2.17. The Bertz CT molecular complexity index is 617. The molecule has 1 aromatic heterocycles.